The van der Waals surface area contributed by atoms with Gasteiger partial charge in [-0.1, -0.05) is 30.0 Å². The third-order valence-corrected chi connectivity index (χ3v) is 7.27. The van der Waals surface area contributed by atoms with Crippen molar-refractivity contribution in [3.63, 3.8) is 0 Å². The first kappa shape index (κ1) is 22.7. The van der Waals surface area contributed by atoms with E-state index in [-0.39, 0.29) is 27.5 Å². The number of hydrogen-bond acceptors (Lipinski definition) is 6. The lowest BCUT2D eigenvalue weighted by Crippen LogP contribution is -2.45. The van der Waals surface area contributed by atoms with Crippen LogP contribution in [0.25, 0.3) is 10.9 Å². The lowest BCUT2D eigenvalue weighted by molar-refractivity contribution is 0.143. The van der Waals surface area contributed by atoms with Crippen LogP contribution in [-0.2, 0) is 0 Å². The number of piperazine rings is 1. The summed E-state index contributed by atoms with van der Waals surface area (Å²) < 4.78 is 38.5. The summed E-state index contributed by atoms with van der Waals surface area (Å²) in [4.78, 5) is 29.0. The van der Waals surface area contributed by atoms with Crippen LogP contribution in [0.1, 0.15) is 18.9 Å². The van der Waals surface area contributed by atoms with Crippen molar-refractivity contribution in [1.29, 1.82) is 0 Å². The molecule has 1 N–H and O–H groups in total. The Morgan fingerprint density at radius 3 is 2.38 bits per heavy atom. The van der Waals surface area contributed by atoms with Crippen molar-refractivity contribution < 1.29 is 23.4 Å². The molecule has 1 aliphatic carbocycles. The number of aromatic nitrogens is 1. The largest absolute Gasteiger partial charge is 0.511 e. The molecule has 0 spiro atoms. The van der Waals surface area contributed by atoms with E-state index >= 15 is 8.78 Å². The molecular weight excluding hydrogens is 464 g/mol. The molecule has 7 nitrogen and oxygen atoms in total. The Bertz CT molecular complexity index is 1320. The van der Waals surface area contributed by atoms with Crippen molar-refractivity contribution in [1.82, 2.24) is 9.47 Å². The molecule has 3 aromatic rings. The number of halogens is 2. The molecule has 2 aliphatic rings. The van der Waals surface area contributed by atoms with Gasteiger partial charge in [-0.3, -0.25) is 4.79 Å². The summed E-state index contributed by atoms with van der Waals surface area (Å²) in [6.07, 6.45) is 1.06. The fourth-order valence-corrected chi connectivity index (χ4v) is 5.29. The molecule has 2 aromatic carbocycles. The van der Waals surface area contributed by atoms with E-state index in [2.05, 4.69) is 4.90 Å². The fraction of sp³-hybridized carbons (Fsp3) is 0.333. The number of carboxylic acid groups (broad SMARTS) is 1. The minimum atomic E-state index is -1.66. The van der Waals surface area contributed by atoms with Gasteiger partial charge in [-0.05, 0) is 32.0 Å². The number of likely N-dealkylation sites (N-methyl/N-ethyl adjacent to an activating group) is 1. The molecule has 1 aliphatic heterocycles. The summed E-state index contributed by atoms with van der Waals surface area (Å²) in [5.74, 6) is -2.09. The summed E-state index contributed by atoms with van der Waals surface area (Å²) in [5, 5.41) is 8.92. The van der Waals surface area contributed by atoms with Gasteiger partial charge in [-0.25, -0.2) is 13.6 Å². The maximum atomic E-state index is 16.1. The van der Waals surface area contributed by atoms with E-state index in [4.69, 9.17) is 9.84 Å². The first-order chi connectivity index (χ1) is 16.3. The van der Waals surface area contributed by atoms with Gasteiger partial charge in [0.2, 0.25) is 5.43 Å². The van der Waals surface area contributed by atoms with Crippen molar-refractivity contribution in [2.45, 2.75) is 28.7 Å². The smallest absolute Gasteiger partial charge is 0.449 e. The second-order valence-electron chi connectivity index (χ2n) is 8.56. The van der Waals surface area contributed by atoms with Gasteiger partial charge < -0.3 is 24.2 Å². The van der Waals surface area contributed by atoms with Crippen LogP contribution in [0.15, 0.2) is 51.1 Å². The molecule has 1 saturated carbocycles. The molecule has 0 unspecified atom stereocenters. The van der Waals surface area contributed by atoms with E-state index in [0.717, 1.165) is 24.6 Å². The van der Waals surface area contributed by atoms with E-state index in [1.807, 2.05) is 13.1 Å². The van der Waals surface area contributed by atoms with Gasteiger partial charge in [0.05, 0.1) is 22.0 Å². The highest BCUT2D eigenvalue weighted by molar-refractivity contribution is 7.99. The maximum absolute atomic E-state index is 16.1. The number of ether oxygens (including phenoxy) is 1. The number of nitrogens with zero attached hydrogens (tertiary/aromatic N) is 3. The topological polar surface area (TPSA) is 75.0 Å². The number of hydrogen-bond donors (Lipinski definition) is 1. The van der Waals surface area contributed by atoms with Crippen LogP contribution in [0.5, 0.6) is 5.75 Å². The van der Waals surface area contributed by atoms with Crippen molar-refractivity contribution in [3.05, 3.63) is 58.4 Å². The van der Waals surface area contributed by atoms with Crippen LogP contribution in [-0.4, -0.2) is 54.0 Å². The Kier molecular flexibility index (Phi) is 5.95. The molecule has 2 fully saturated rings. The lowest BCUT2D eigenvalue weighted by atomic mass is 10.1. The third kappa shape index (κ3) is 4.12. The number of pyridine rings is 1. The second-order valence-corrected chi connectivity index (χ2v) is 9.65. The number of rotatable bonds is 5. The highest BCUT2D eigenvalue weighted by atomic mass is 32.2. The molecule has 2 heterocycles. The number of carbonyl (C=O) groups is 1. The normalized spacial score (nSPS) is 16.7. The molecule has 0 amide bonds. The number of benzene rings is 2. The summed E-state index contributed by atoms with van der Waals surface area (Å²) in [7, 11) is 1.95. The van der Waals surface area contributed by atoms with Gasteiger partial charge in [0.1, 0.15) is 5.69 Å². The highest BCUT2D eigenvalue weighted by Gasteiger charge is 2.34. The average molecular weight is 488 g/mol. The van der Waals surface area contributed by atoms with Gasteiger partial charge in [-0.15, -0.1) is 0 Å². The van der Waals surface area contributed by atoms with Crippen LogP contribution in [0, 0.1) is 11.6 Å². The summed E-state index contributed by atoms with van der Waals surface area (Å²) in [6, 6.07) is 8.81. The predicted molar refractivity (Wildman–Crippen MR) is 125 cm³/mol. The summed E-state index contributed by atoms with van der Waals surface area (Å²) in [5.41, 5.74) is -1.02. The van der Waals surface area contributed by atoms with Crippen LogP contribution in [0.4, 0.5) is 19.3 Å². The monoisotopic (exact) mass is 487 g/mol. The molecular formula is C24H23F2N3O4S. The quantitative estimate of drug-likeness (QED) is 0.528. The van der Waals surface area contributed by atoms with Gasteiger partial charge in [0, 0.05) is 37.1 Å². The number of anilines is 1. The van der Waals surface area contributed by atoms with E-state index in [1.165, 1.54) is 6.20 Å². The first-order valence-corrected chi connectivity index (χ1v) is 11.8. The maximum Gasteiger partial charge on any atom is 0.511 e. The molecule has 1 aromatic heterocycles. The zero-order chi connectivity index (χ0) is 24.0. The van der Waals surface area contributed by atoms with Crippen molar-refractivity contribution in [2.24, 2.45) is 0 Å². The van der Waals surface area contributed by atoms with Crippen LogP contribution in [0.2, 0.25) is 0 Å². The minimum absolute atomic E-state index is 0.0148. The van der Waals surface area contributed by atoms with Crippen molar-refractivity contribution in [2.75, 3.05) is 38.1 Å². The summed E-state index contributed by atoms with van der Waals surface area (Å²) >= 11 is 1.02. The molecule has 0 radical (unpaired) electrons. The van der Waals surface area contributed by atoms with E-state index in [1.54, 1.807) is 33.7 Å². The van der Waals surface area contributed by atoms with E-state index in [9.17, 15) is 9.59 Å². The predicted octanol–water partition coefficient (Wildman–Crippen LogP) is 4.57. The Morgan fingerprint density at radius 2 is 1.76 bits per heavy atom. The lowest BCUT2D eigenvalue weighted by Gasteiger charge is -2.35. The molecule has 0 bridgehead atoms. The molecule has 0 atom stereocenters. The molecule has 34 heavy (non-hydrogen) atoms. The molecule has 5 rings (SSSR count). The van der Waals surface area contributed by atoms with Gasteiger partial charge in [-0.2, -0.15) is 0 Å². The van der Waals surface area contributed by atoms with Crippen LogP contribution >= 0.6 is 11.8 Å². The second kappa shape index (κ2) is 8.92. The van der Waals surface area contributed by atoms with Gasteiger partial charge >= 0.3 is 6.16 Å². The van der Waals surface area contributed by atoms with Crippen LogP contribution < -0.4 is 15.1 Å². The average Bonchev–Trinajstić information content (AvgIpc) is 3.65. The zero-order valence-electron chi connectivity index (χ0n) is 18.5. The Morgan fingerprint density at radius 1 is 1.09 bits per heavy atom. The first-order valence-electron chi connectivity index (χ1n) is 11.0. The standard InChI is InChI=1S/C24H23F2N3O4S/c1-27-9-11-28(12-10-27)21-18(25)20-17(23(19(21)26)34-15-5-3-2-4-6-15)22(30)16(33-24(31)32)13-29(20)14-7-8-14/h2-6,13-14H,7-12H2,1H3,(H,31,32). The molecule has 1 saturated heterocycles. The zero-order valence-corrected chi connectivity index (χ0v) is 19.3. The Hall–Kier alpha value is -3.11. The summed E-state index contributed by atoms with van der Waals surface area (Å²) in [6.45, 7) is 2.19. The van der Waals surface area contributed by atoms with Crippen LogP contribution in [0.3, 0.4) is 0 Å². The van der Waals surface area contributed by atoms with Gasteiger partial charge in [0.25, 0.3) is 0 Å². The Balaban J connectivity index is 1.82. The highest BCUT2D eigenvalue weighted by Crippen LogP contribution is 2.45. The molecule has 178 valence electrons. The third-order valence-electron chi connectivity index (χ3n) is 6.17. The van der Waals surface area contributed by atoms with Crippen molar-refractivity contribution in [3.8, 4) is 5.75 Å². The minimum Gasteiger partial charge on any atom is -0.449 e. The fourth-order valence-electron chi connectivity index (χ4n) is 4.29. The van der Waals surface area contributed by atoms with Gasteiger partial charge in [0.15, 0.2) is 17.4 Å². The Labute approximate surface area is 198 Å². The SMILES string of the molecule is CN1CCN(c2c(F)c(Sc3ccccc3)c3c(=O)c(OC(=O)O)cn(C4CC4)c3c2F)CC1. The van der Waals surface area contributed by atoms with Crippen molar-refractivity contribution >= 4 is 34.5 Å². The van der Waals surface area contributed by atoms with E-state index < -0.39 is 29.0 Å². The van der Waals surface area contributed by atoms with E-state index in [0.29, 0.717) is 31.1 Å². The molecule has 10 heteroatoms. The number of fused-ring (bicyclic) bond motifs is 1.